The van der Waals surface area contributed by atoms with Crippen LogP contribution in [0.25, 0.3) is 0 Å². The molecule has 0 bridgehead atoms. The molecule has 0 aromatic heterocycles. The lowest BCUT2D eigenvalue weighted by molar-refractivity contribution is -0.0636. The lowest BCUT2D eigenvalue weighted by Crippen LogP contribution is -2.53. The van der Waals surface area contributed by atoms with E-state index in [1.807, 2.05) is 24.3 Å². The van der Waals surface area contributed by atoms with Crippen molar-refractivity contribution in [2.45, 2.75) is 37.2 Å². The molecule has 1 aromatic carbocycles. The Morgan fingerprint density at radius 1 is 1.50 bits per heavy atom. The number of rotatable bonds is 3. The normalized spacial score (nSPS) is 25.9. The van der Waals surface area contributed by atoms with Gasteiger partial charge in [-0.25, -0.2) is 0 Å². The highest BCUT2D eigenvalue weighted by atomic mass is 16.5. The van der Waals surface area contributed by atoms with E-state index in [2.05, 4.69) is 6.07 Å². The summed E-state index contributed by atoms with van der Waals surface area (Å²) in [6.45, 7) is 1.86. The zero-order valence-electron chi connectivity index (χ0n) is 10.9. The summed E-state index contributed by atoms with van der Waals surface area (Å²) >= 11 is 0. The monoisotopic (exact) mass is 245 g/mol. The van der Waals surface area contributed by atoms with Crippen molar-refractivity contribution in [3.05, 3.63) is 35.4 Å². The molecule has 0 saturated carbocycles. The molecule has 0 saturated heterocycles. The highest BCUT2D eigenvalue weighted by Gasteiger charge is 2.51. The van der Waals surface area contributed by atoms with Gasteiger partial charge in [-0.15, -0.1) is 0 Å². The van der Waals surface area contributed by atoms with Gasteiger partial charge in [0.05, 0.1) is 12.7 Å². The molecule has 1 N–H and O–H groups in total. The third kappa shape index (κ3) is 1.82. The quantitative estimate of drug-likeness (QED) is 0.888. The summed E-state index contributed by atoms with van der Waals surface area (Å²) in [5, 5.41) is 20.4. The molecule has 0 radical (unpaired) electrons. The van der Waals surface area contributed by atoms with Crippen molar-refractivity contribution in [1.29, 1.82) is 5.26 Å². The van der Waals surface area contributed by atoms with E-state index < -0.39 is 11.0 Å². The van der Waals surface area contributed by atoms with Crippen molar-refractivity contribution >= 4 is 0 Å². The van der Waals surface area contributed by atoms with E-state index in [1.165, 1.54) is 5.56 Å². The SMILES string of the molecule is COCC(C)(O)C1(C#N)CCCc2ccccc21. The van der Waals surface area contributed by atoms with E-state index in [0.29, 0.717) is 6.42 Å². The molecule has 3 heteroatoms. The Morgan fingerprint density at radius 2 is 2.22 bits per heavy atom. The molecular weight excluding hydrogens is 226 g/mol. The molecule has 1 aromatic rings. The number of aryl methyl sites for hydroxylation is 1. The highest BCUT2D eigenvalue weighted by Crippen LogP contribution is 2.44. The van der Waals surface area contributed by atoms with Crippen LogP contribution in [-0.4, -0.2) is 24.4 Å². The van der Waals surface area contributed by atoms with Crippen molar-refractivity contribution in [2.24, 2.45) is 0 Å². The van der Waals surface area contributed by atoms with Crippen LogP contribution in [0.2, 0.25) is 0 Å². The first-order valence-electron chi connectivity index (χ1n) is 6.28. The van der Waals surface area contributed by atoms with E-state index in [9.17, 15) is 10.4 Å². The Kier molecular flexibility index (Phi) is 3.43. The number of aliphatic hydroxyl groups is 1. The molecule has 0 spiro atoms. The third-order valence-electron chi connectivity index (χ3n) is 4.01. The largest absolute Gasteiger partial charge is 0.386 e. The molecular formula is C15H19NO2. The van der Waals surface area contributed by atoms with Crippen LogP contribution in [0.15, 0.2) is 24.3 Å². The Balaban J connectivity index is 2.56. The fourth-order valence-corrected chi connectivity index (χ4v) is 3.03. The number of nitriles is 1. The smallest absolute Gasteiger partial charge is 0.113 e. The van der Waals surface area contributed by atoms with Crippen LogP contribution in [0.4, 0.5) is 0 Å². The summed E-state index contributed by atoms with van der Waals surface area (Å²) in [6, 6.07) is 10.3. The lowest BCUT2D eigenvalue weighted by Gasteiger charge is -2.43. The van der Waals surface area contributed by atoms with Gasteiger partial charge in [0, 0.05) is 7.11 Å². The van der Waals surface area contributed by atoms with Gasteiger partial charge >= 0.3 is 0 Å². The number of nitrogens with zero attached hydrogens (tertiary/aromatic N) is 1. The molecule has 96 valence electrons. The maximum Gasteiger partial charge on any atom is 0.113 e. The second-order valence-electron chi connectivity index (χ2n) is 5.23. The molecule has 2 unspecified atom stereocenters. The number of fused-ring (bicyclic) bond motifs is 1. The first kappa shape index (κ1) is 13.1. The van der Waals surface area contributed by atoms with Gasteiger partial charge in [-0.3, -0.25) is 0 Å². The standard InChI is InChI=1S/C15H19NO2/c1-14(17,11-18-2)15(10-16)9-5-7-12-6-3-4-8-13(12)15/h3-4,6,8,17H,5,7,9,11H2,1-2H3. The highest BCUT2D eigenvalue weighted by molar-refractivity contribution is 5.44. The second-order valence-corrected chi connectivity index (χ2v) is 5.23. The van der Waals surface area contributed by atoms with E-state index in [4.69, 9.17) is 4.74 Å². The molecule has 2 atom stereocenters. The summed E-state index contributed by atoms with van der Waals surface area (Å²) in [5.74, 6) is 0. The van der Waals surface area contributed by atoms with Crippen molar-refractivity contribution in [3.63, 3.8) is 0 Å². The van der Waals surface area contributed by atoms with Gasteiger partial charge in [0.25, 0.3) is 0 Å². The molecule has 0 heterocycles. The van der Waals surface area contributed by atoms with Gasteiger partial charge in [-0.05, 0) is 37.3 Å². The van der Waals surface area contributed by atoms with Gasteiger partial charge in [-0.2, -0.15) is 5.26 Å². The van der Waals surface area contributed by atoms with E-state index >= 15 is 0 Å². The minimum Gasteiger partial charge on any atom is -0.386 e. The Hall–Kier alpha value is -1.37. The van der Waals surface area contributed by atoms with Gasteiger partial charge < -0.3 is 9.84 Å². The van der Waals surface area contributed by atoms with Gasteiger partial charge in [0.15, 0.2) is 0 Å². The Morgan fingerprint density at radius 3 is 2.89 bits per heavy atom. The van der Waals surface area contributed by atoms with E-state index in [1.54, 1.807) is 14.0 Å². The molecule has 1 aliphatic carbocycles. The fraction of sp³-hybridized carbons (Fsp3) is 0.533. The minimum atomic E-state index is -1.17. The zero-order chi connectivity index (χ0) is 13.2. The third-order valence-corrected chi connectivity index (χ3v) is 4.01. The van der Waals surface area contributed by atoms with Crippen LogP contribution < -0.4 is 0 Å². The first-order chi connectivity index (χ1) is 8.57. The predicted molar refractivity (Wildman–Crippen MR) is 69.2 cm³/mol. The number of benzene rings is 1. The lowest BCUT2D eigenvalue weighted by atomic mass is 9.62. The summed E-state index contributed by atoms with van der Waals surface area (Å²) in [7, 11) is 1.55. The fourth-order valence-electron chi connectivity index (χ4n) is 3.03. The summed E-state index contributed by atoms with van der Waals surface area (Å²) < 4.78 is 5.10. The van der Waals surface area contributed by atoms with Crippen molar-refractivity contribution in [2.75, 3.05) is 13.7 Å². The van der Waals surface area contributed by atoms with E-state index in [0.717, 1.165) is 18.4 Å². The molecule has 2 rings (SSSR count). The van der Waals surface area contributed by atoms with Crippen LogP contribution in [0.5, 0.6) is 0 Å². The topological polar surface area (TPSA) is 53.2 Å². The van der Waals surface area contributed by atoms with Crippen LogP contribution in [-0.2, 0) is 16.6 Å². The maximum absolute atomic E-state index is 10.7. The molecule has 1 aliphatic rings. The van der Waals surface area contributed by atoms with Gasteiger partial charge in [0.1, 0.15) is 11.0 Å². The summed E-state index contributed by atoms with van der Waals surface area (Å²) in [6.07, 6.45) is 2.57. The number of hydrogen-bond acceptors (Lipinski definition) is 3. The predicted octanol–water partition coefficient (Wildman–Crippen LogP) is 2.18. The zero-order valence-corrected chi connectivity index (χ0v) is 10.9. The van der Waals surface area contributed by atoms with Crippen molar-refractivity contribution in [3.8, 4) is 6.07 Å². The van der Waals surface area contributed by atoms with Crippen LogP contribution in [0.3, 0.4) is 0 Å². The number of hydrogen-bond donors (Lipinski definition) is 1. The Bertz CT molecular complexity index is 476. The van der Waals surface area contributed by atoms with Crippen LogP contribution in [0.1, 0.15) is 30.9 Å². The molecule has 3 nitrogen and oxygen atoms in total. The van der Waals surface area contributed by atoms with Gasteiger partial charge in [-0.1, -0.05) is 24.3 Å². The molecule has 0 amide bonds. The van der Waals surface area contributed by atoms with Crippen LogP contribution >= 0.6 is 0 Å². The molecule has 18 heavy (non-hydrogen) atoms. The average Bonchev–Trinajstić information content (AvgIpc) is 2.37. The number of methoxy groups -OCH3 is 1. The van der Waals surface area contributed by atoms with Gasteiger partial charge in [0.2, 0.25) is 0 Å². The Labute approximate surface area is 108 Å². The maximum atomic E-state index is 10.7. The van der Waals surface area contributed by atoms with Crippen molar-refractivity contribution < 1.29 is 9.84 Å². The molecule has 0 fully saturated rings. The van der Waals surface area contributed by atoms with E-state index in [-0.39, 0.29) is 6.61 Å². The van der Waals surface area contributed by atoms with Crippen molar-refractivity contribution in [1.82, 2.24) is 0 Å². The molecule has 0 aliphatic heterocycles. The minimum absolute atomic E-state index is 0.162. The second kappa shape index (κ2) is 4.72. The average molecular weight is 245 g/mol. The first-order valence-corrected chi connectivity index (χ1v) is 6.28. The summed E-state index contributed by atoms with van der Waals surface area (Å²) in [4.78, 5) is 0. The van der Waals surface area contributed by atoms with Crippen LogP contribution in [0, 0.1) is 11.3 Å². The summed E-state index contributed by atoms with van der Waals surface area (Å²) in [5.41, 5.74) is 0.0905. The number of ether oxygens (including phenoxy) is 1.